The predicted molar refractivity (Wildman–Crippen MR) is 57.3 cm³/mol. The maximum Gasteiger partial charge on any atom is 0.326 e. The van der Waals surface area contributed by atoms with Crippen molar-refractivity contribution in [2.75, 3.05) is 0 Å². The van der Waals surface area contributed by atoms with Crippen LogP contribution in [-0.4, -0.2) is 19.6 Å². The average molecular weight is 212 g/mol. The van der Waals surface area contributed by atoms with Gasteiger partial charge in [-0.2, -0.15) is 14.6 Å². The fourth-order valence-corrected chi connectivity index (χ4v) is 1.40. The first kappa shape index (κ1) is 8.84. The summed E-state index contributed by atoms with van der Waals surface area (Å²) in [6.07, 6.45) is 3.11. The Morgan fingerprint density at radius 3 is 2.75 bits per heavy atom. The molecule has 0 atom stereocenters. The number of hydrogen-bond acceptors (Lipinski definition) is 4. The van der Waals surface area contributed by atoms with Crippen LogP contribution in [-0.2, 0) is 0 Å². The van der Waals surface area contributed by atoms with Gasteiger partial charge in [0.15, 0.2) is 5.65 Å². The molecule has 5 heteroatoms. The summed E-state index contributed by atoms with van der Waals surface area (Å²) in [4.78, 5) is 8.09. The summed E-state index contributed by atoms with van der Waals surface area (Å²) in [6.45, 7) is 0. The third-order valence-electron chi connectivity index (χ3n) is 2.11. The van der Waals surface area contributed by atoms with E-state index in [0.29, 0.717) is 11.7 Å². The van der Waals surface area contributed by atoms with E-state index in [4.69, 9.17) is 4.74 Å². The number of aromatic nitrogens is 4. The minimum absolute atomic E-state index is 0.404. The number of hydrogen-bond donors (Lipinski definition) is 0. The van der Waals surface area contributed by atoms with Crippen molar-refractivity contribution in [2.45, 2.75) is 0 Å². The normalized spacial score (nSPS) is 10.5. The number of ether oxygens (including phenoxy) is 1. The Bertz CT molecular complexity index is 605. The largest absolute Gasteiger partial charge is 0.424 e. The molecule has 2 heterocycles. The van der Waals surface area contributed by atoms with Crippen LogP contribution in [0.4, 0.5) is 0 Å². The summed E-state index contributed by atoms with van der Waals surface area (Å²) in [6, 6.07) is 11.6. The van der Waals surface area contributed by atoms with Crippen LogP contribution in [0.25, 0.3) is 5.65 Å². The van der Waals surface area contributed by atoms with Gasteiger partial charge in [0.2, 0.25) is 0 Å². The van der Waals surface area contributed by atoms with Gasteiger partial charge in [0.1, 0.15) is 12.1 Å². The highest BCUT2D eigenvalue weighted by Crippen LogP contribution is 2.17. The molecular weight excluding hydrogens is 204 g/mol. The molecule has 0 bridgehead atoms. The molecule has 1 aromatic carbocycles. The molecule has 2 aromatic heterocycles. The molecule has 3 rings (SSSR count). The molecule has 0 N–H and O–H groups in total. The van der Waals surface area contributed by atoms with Crippen molar-refractivity contribution in [3.05, 3.63) is 48.9 Å². The third kappa shape index (κ3) is 1.48. The van der Waals surface area contributed by atoms with Gasteiger partial charge >= 0.3 is 6.01 Å². The summed E-state index contributed by atoms with van der Waals surface area (Å²) in [7, 11) is 0. The maximum atomic E-state index is 5.60. The van der Waals surface area contributed by atoms with Crippen molar-refractivity contribution >= 4 is 5.65 Å². The maximum absolute atomic E-state index is 5.60. The molecule has 0 amide bonds. The van der Waals surface area contributed by atoms with Crippen LogP contribution in [0.1, 0.15) is 0 Å². The number of rotatable bonds is 2. The number of fused-ring (bicyclic) bond motifs is 1. The molecule has 5 nitrogen and oxygen atoms in total. The van der Waals surface area contributed by atoms with Gasteiger partial charge in [0, 0.05) is 6.07 Å². The van der Waals surface area contributed by atoms with Gasteiger partial charge < -0.3 is 4.74 Å². The van der Waals surface area contributed by atoms with Crippen molar-refractivity contribution in [1.29, 1.82) is 0 Å². The first-order chi connectivity index (χ1) is 7.93. The Morgan fingerprint density at radius 1 is 1.00 bits per heavy atom. The van der Waals surface area contributed by atoms with Crippen LogP contribution in [0.15, 0.2) is 48.9 Å². The number of nitrogens with zero attached hydrogens (tertiary/aromatic N) is 4. The van der Waals surface area contributed by atoms with E-state index in [9.17, 15) is 0 Å². The first-order valence-electron chi connectivity index (χ1n) is 4.81. The molecule has 3 aromatic rings. The lowest BCUT2D eigenvalue weighted by atomic mass is 10.3. The Labute approximate surface area is 91.3 Å². The Morgan fingerprint density at radius 2 is 1.88 bits per heavy atom. The van der Waals surface area contributed by atoms with E-state index in [1.807, 2.05) is 30.3 Å². The monoisotopic (exact) mass is 212 g/mol. The molecule has 0 radical (unpaired) electrons. The van der Waals surface area contributed by atoms with Crippen LogP contribution in [0, 0.1) is 0 Å². The van der Waals surface area contributed by atoms with Crippen LogP contribution >= 0.6 is 0 Å². The van der Waals surface area contributed by atoms with Gasteiger partial charge in [-0.15, -0.1) is 0 Å². The third-order valence-corrected chi connectivity index (χ3v) is 2.11. The Hall–Kier alpha value is -2.43. The van der Waals surface area contributed by atoms with E-state index < -0.39 is 0 Å². The van der Waals surface area contributed by atoms with E-state index in [-0.39, 0.29) is 0 Å². The van der Waals surface area contributed by atoms with Crippen molar-refractivity contribution in [3.8, 4) is 11.8 Å². The van der Waals surface area contributed by atoms with Gasteiger partial charge in [0.05, 0.1) is 6.20 Å². The van der Waals surface area contributed by atoms with Gasteiger partial charge in [-0.25, -0.2) is 4.98 Å². The highest BCUT2D eigenvalue weighted by molar-refractivity contribution is 5.37. The fraction of sp³-hybridized carbons (Fsp3) is 0. The Kier molecular flexibility index (Phi) is 2.00. The van der Waals surface area contributed by atoms with Crippen LogP contribution in [0.5, 0.6) is 11.8 Å². The zero-order valence-electron chi connectivity index (χ0n) is 8.32. The van der Waals surface area contributed by atoms with Crippen molar-refractivity contribution in [1.82, 2.24) is 19.6 Å². The molecule has 0 saturated heterocycles. The first-order valence-corrected chi connectivity index (χ1v) is 4.81. The summed E-state index contributed by atoms with van der Waals surface area (Å²) in [5, 5.41) is 4.08. The van der Waals surface area contributed by atoms with Crippen LogP contribution in [0.3, 0.4) is 0 Å². The van der Waals surface area contributed by atoms with Gasteiger partial charge in [-0.05, 0) is 12.1 Å². The van der Waals surface area contributed by atoms with E-state index in [1.165, 1.54) is 6.33 Å². The molecule has 0 unspecified atom stereocenters. The standard InChI is InChI=1S/C11H8N4O/c1-2-4-9(5-3-1)16-11-13-8-12-10-6-7-14-15(10)11/h1-8H. The van der Waals surface area contributed by atoms with Crippen molar-refractivity contribution < 1.29 is 4.74 Å². The Balaban J connectivity index is 2.04. The molecule has 0 aliphatic rings. The molecule has 16 heavy (non-hydrogen) atoms. The van der Waals surface area contributed by atoms with Crippen LogP contribution < -0.4 is 4.74 Å². The van der Waals surface area contributed by atoms with Crippen molar-refractivity contribution in [2.24, 2.45) is 0 Å². The van der Waals surface area contributed by atoms with Gasteiger partial charge in [-0.1, -0.05) is 18.2 Å². The molecule has 78 valence electrons. The lowest BCUT2D eigenvalue weighted by molar-refractivity contribution is 0.423. The highest BCUT2D eigenvalue weighted by atomic mass is 16.5. The fourth-order valence-electron chi connectivity index (χ4n) is 1.40. The summed E-state index contributed by atoms with van der Waals surface area (Å²) in [5.41, 5.74) is 0.709. The van der Waals surface area contributed by atoms with E-state index in [2.05, 4.69) is 15.1 Å². The van der Waals surface area contributed by atoms with Gasteiger partial charge in [0.25, 0.3) is 0 Å². The molecule has 0 saturated carbocycles. The smallest absolute Gasteiger partial charge is 0.326 e. The second-order valence-electron chi connectivity index (χ2n) is 3.17. The quantitative estimate of drug-likeness (QED) is 0.651. The minimum atomic E-state index is 0.404. The van der Waals surface area contributed by atoms with Gasteiger partial charge in [-0.3, -0.25) is 0 Å². The minimum Gasteiger partial charge on any atom is -0.424 e. The molecule has 0 fully saturated rings. The number of para-hydroxylation sites is 1. The van der Waals surface area contributed by atoms with E-state index in [1.54, 1.807) is 16.8 Å². The van der Waals surface area contributed by atoms with E-state index in [0.717, 1.165) is 5.75 Å². The predicted octanol–water partition coefficient (Wildman–Crippen LogP) is 1.92. The SMILES string of the molecule is c1ccc(Oc2ncnc3ccnn23)cc1. The lowest BCUT2D eigenvalue weighted by Crippen LogP contribution is -1.99. The molecule has 0 aliphatic heterocycles. The summed E-state index contributed by atoms with van der Waals surface area (Å²) < 4.78 is 7.15. The topological polar surface area (TPSA) is 52.3 Å². The molecular formula is C11H8N4O. The second kappa shape index (κ2) is 3.62. The summed E-state index contributed by atoms with van der Waals surface area (Å²) in [5.74, 6) is 0.720. The zero-order chi connectivity index (χ0) is 10.8. The zero-order valence-corrected chi connectivity index (χ0v) is 8.32. The lowest BCUT2D eigenvalue weighted by Gasteiger charge is -2.04. The highest BCUT2D eigenvalue weighted by Gasteiger charge is 2.05. The van der Waals surface area contributed by atoms with Crippen molar-refractivity contribution in [3.63, 3.8) is 0 Å². The number of benzene rings is 1. The molecule has 0 aliphatic carbocycles. The van der Waals surface area contributed by atoms with E-state index >= 15 is 0 Å². The summed E-state index contributed by atoms with van der Waals surface area (Å²) >= 11 is 0. The molecule has 0 spiro atoms. The second-order valence-corrected chi connectivity index (χ2v) is 3.17. The van der Waals surface area contributed by atoms with Crippen LogP contribution in [0.2, 0.25) is 0 Å². The average Bonchev–Trinajstić information content (AvgIpc) is 2.80.